The second-order valence-electron chi connectivity index (χ2n) is 4.11. The number of rotatable bonds is 4. The van der Waals surface area contributed by atoms with E-state index >= 15 is 0 Å². The van der Waals surface area contributed by atoms with Crippen LogP contribution in [-0.2, 0) is 6.54 Å². The number of aromatic nitrogens is 2. The van der Waals surface area contributed by atoms with Crippen molar-refractivity contribution in [1.82, 2.24) is 9.78 Å². The molecule has 2 rings (SSSR count). The first-order valence-corrected chi connectivity index (χ1v) is 6.09. The number of aliphatic hydroxyl groups excluding tert-OH is 1. The number of aryl methyl sites for hydroxylation is 1. The predicted octanol–water partition coefficient (Wildman–Crippen LogP) is 1.61. The summed E-state index contributed by atoms with van der Waals surface area (Å²) < 4.78 is 7.48. The van der Waals surface area contributed by atoms with Crippen LogP contribution in [-0.4, -0.2) is 28.1 Å². The van der Waals surface area contributed by atoms with Crippen molar-refractivity contribution in [3.8, 4) is 17.6 Å². The summed E-state index contributed by atoms with van der Waals surface area (Å²) in [6.07, 6.45) is 3.81. The van der Waals surface area contributed by atoms with Crippen molar-refractivity contribution in [2.45, 2.75) is 13.5 Å². The van der Waals surface area contributed by atoms with Gasteiger partial charge in [-0.2, -0.15) is 5.10 Å². The number of hydrogen-bond acceptors (Lipinski definition) is 3. The molecule has 4 nitrogen and oxygen atoms in total. The van der Waals surface area contributed by atoms with Crippen molar-refractivity contribution in [1.29, 1.82) is 0 Å². The topological polar surface area (TPSA) is 47.3 Å². The highest BCUT2D eigenvalue weighted by Crippen LogP contribution is 2.11. The molecule has 0 bridgehead atoms. The Bertz CT molecular complexity index is 576. The van der Waals surface area contributed by atoms with Crippen LogP contribution >= 0.6 is 0 Å². The zero-order valence-electron chi connectivity index (χ0n) is 10.8. The van der Waals surface area contributed by atoms with Crippen LogP contribution in [0.25, 0.3) is 0 Å². The molecule has 1 N–H and O–H groups in total. The maximum atomic E-state index is 8.60. The van der Waals surface area contributed by atoms with Gasteiger partial charge >= 0.3 is 0 Å². The molecule has 0 unspecified atom stereocenters. The van der Waals surface area contributed by atoms with E-state index in [2.05, 4.69) is 16.9 Å². The Hall–Kier alpha value is -2.25. The van der Waals surface area contributed by atoms with E-state index < -0.39 is 0 Å². The SMILES string of the molecule is Cc1cnn(CCOc2ccc(C#CCO)cc2)c1. The van der Waals surface area contributed by atoms with Crippen LogP contribution in [0.4, 0.5) is 0 Å². The number of aliphatic hydroxyl groups is 1. The molecule has 0 amide bonds. The highest BCUT2D eigenvalue weighted by atomic mass is 16.5. The van der Waals surface area contributed by atoms with E-state index in [4.69, 9.17) is 9.84 Å². The first-order chi connectivity index (χ1) is 9.28. The van der Waals surface area contributed by atoms with Crippen LogP contribution in [0.5, 0.6) is 5.75 Å². The van der Waals surface area contributed by atoms with Crippen LogP contribution in [0.2, 0.25) is 0 Å². The monoisotopic (exact) mass is 256 g/mol. The maximum Gasteiger partial charge on any atom is 0.119 e. The minimum absolute atomic E-state index is 0.123. The molecular formula is C15H16N2O2. The van der Waals surface area contributed by atoms with E-state index in [0.717, 1.165) is 23.4 Å². The molecule has 0 atom stereocenters. The van der Waals surface area contributed by atoms with Crippen molar-refractivity contribution in [2.75, 3.05) is 13.2 Å². The molecule has 98 valence electrons. The highest BCUT2D eigenvalue weighted by Gasteiger charge is 1.96. The highest BCUT2D eigenvalue weighted by molar-refractivity contribution is 5.38. The molecule has 0 spiro atoms. The van der Waals surface area contributed by atoms with Gasteiger partial charge in [-0.3, -0.25) is 4.68 Å². The average Bonchev–Trinajstić information content (AvgIpc) is 2.84. The van der Waals surface area contributed by atoms with Gasteiger partial charge in [0.2, 0.25) is 0 Å². The Kier molecular flexibility index (Phi) is 4.60. The standard InChI is InChI=1S/C15H16N2O2/c1-13-11-16-17(12-13)8-10-19-15-6-4-14(5-7-15)3-2-9-18/h4-7,11-12,18H,8-10H2,1H3. The normalized spacial score (nSPS) is 9.79. The smallest absolute Gasteiger partial charge is 0.119 e. The van der Waals surface area contributed by atoms with Gasteiger partial charge in [0.1, 0.15) is 19.0 Å². The van der Waals surface area contributed by atoms with Crippen molar-refractivity contribution < 1.29 is 9.84 Å². The molecule has 0 radical (unpaired) electrons. The molecule has 0 saturated heterocycles. The minimum Gasteiger partial charge on any atom is -0.492 e. The summed E-state index contributed by atoms with van der Waals surface area (Å²) in [6.45, 7) is 3.18. The predicted molar refractivity (Wildman–Crippen MR) is 72.9 cm³/mol. The van der Waals surface area contributed by atoms with E-state index in [9.17, 15) is 0 Å². The molecule has 0 saturated carbocycles. The molecule has 1 heterocycles. The third-order valence-corrected chi connectivity index (χ3v) is 2.52. The van der Waals surface area contributed by atoms with Gasteiger partial charge in [0, 0.05) is 11.8 Å². The Balaban J connectivity index is 1.83. The lowest BCUT2D eigenvalue weighted by Gasteiger charge is -2.06. The average molecular weight is 256 g/mol. The third-order valence-electron chi connectivity index (χ3n) is 2.52. The van der Waals surface area contributed by atoms with Gasteiger partial charge in [0.25, 0.3) is 0 Å². The maximum absolute atomic E-state index is 8.60. The van der Waals surface area contributed by atoms with Gasteiger partial charge in [-0.25, -0.2) is 0 Å². The zero-order chi connectivity index (χ0) is 13.5. The molecular weight excluding hydrogens is 240 g/mol. The third kappa shape index (κ3) is 4.16. The number of ether oxygens (including phenoxy) is 1. The molecule has 0 aliphatic carbocycles. The molecule has 2 aromatic rings. The van der Waals surface area contributed by atoms with E-state index in [-0.39, 0.29) is 6.61 Å². The summed E-state index contributed by atoms with van der Waals surface area (Å²) in [6, 6.07) is 7.48. The summed E-state index contributed by atoms with van der Waals surface area (Å²) in [5.41, 5.74) is 2.01. The van der Waals surface area contributed by atoms with Crippen LogP contribution in [0.1, 0.15) is 11.1 Å². The van der Waals surface area contributed by atoms with E-state index in [1.807, 2.05) is 48.3 Å². The molecule has 19 heavy (non-hydrogen) atoms. The summed E-state index contributed by atoms with van der Waals surface area (Å²) in [4.78, 5) is 0. The van der Waals surface area contributed by atoms with Crippen LogP contribution in [0.3, 0.4) is 0 Å². The van der Waals surface area contributed by atoms with Crippen LogP contribution < -0.4 is 4.74 Å². The number of nitrogens with zero attached hydrogens (tertiary/aromatic N) is 2. The van der Waals surface area contributed by atoms with Crippen molar-refractivity contribution in [3.05, 3.63) is 47.8 Å². The second-order valence-corrected chi connectivity index (χ2v) is 4.11. The molecule has 0 aliphatic rings. The van der Waals surface area contributed by atoms with E-state index in [1.54, 1.807) is 0 Å². The first-order valence-electron chi connectivity index (χ1n) is 6.09. The van der Waals surface area contributed by atoms with E-state index in [0.29, 0.717) is 6.61 Å². The second kappa shape index (κ2) is 6.62. The van der Waals surface area contributed by atoms with Crippen molar-refractivity contribution >= 4 is 0 Å². The minimum atomic E-state index is -0.123. The van der Waals surface area contributed by atoms with E-state index in [1.165, 1.54) is 0 Å². The Labute approximate surface area is 112 Å². The van der Waals surface area contributed by atoms with Crippen LogP contribution in [0, 0.1) is 18.8 Å². The number of hydrogen-bond donors (Lipinski definition) is 1. The lowest BCUT2D eigenvalue weighted by atomic mass is 10.2. The molecule has 0 fully saturated rings. The quantitative estimate of drug-likeness (QED) is 0.845. The largest absolute Gasteiger partial charge is 0.492 e. The molecule has 1 aromatic heterocycles. The molecule has 1 aromatic carbocycles. The van der Waals surface area contributed by atoms with Crippen LogP contribution in [0.15, 0.2) is 36.7 Å². The van der Waals surface area contributed by atoms with Crippen molar-refractivity contribution in [2.24, 2.45) is 0 Å². The first kappa shape index (κ1) is 13.2. The van der Waals surface area contributed by atoms with Gasteiger partial charge in [-0.15, -0.1) is 0 Å². The fourth-order valence-electron chi connectivity index (χ4n) is 1.62. The van der Waals surface area contributed by atoms with Gasteiger partial charge in [-0.05, 0) is 36.8 Å². The summed E-state index contributed by atoms with van der Waals surface area (Å²) in [5, 5.41) is 12.8. The fraction of sp³-hybridized carbons (Fsp3) is 0.267. The lowest BCUT2D eigenvalue weighted by Crippen LogP contribution is -2.08. The molecule has 0 aliphatic heterocycles. The summed E-state index contributed by atoms with van der Waals surface area (Å²) in [7, 11) is 0. The van der Waals surface area contributed by atoms with Gasteiger partial charge < -0.3 is 9.84 Å². The lowest BCUT2D eigenvalue weighted by molar-refractivity contribution is 0.291. The van der Waals surface area contributed by atoms with Gasteiger partial charge in [-0.1, -0.05) is 11.8 Å². The van der Waals surface area contributed by atoms with Gasteiger partial charge in [0.05, 0.1) is 12.7 Å². The summed E-state index contributed by atoms with van der Waals surface area (Å²) in [5.74, 6) is 6.24. The fourth-order valence-corrected chi connectivity index (χ4v) is 1.62. The number of benzene rings is 1. The summed E-state index contributed by atoms with van der Waals surface area (Å²) >= 11 is 0. The Morgan fingerprint density at radius 1 is 1.32 bits per heavy atom. The zero-order valence-corrected chi connectivity index (χ0v) is 10.8. The Morgan fingerprint density at radius 2 is 2.11 bits per heavy atom. The Morgan fingerprint density at radius 3 is 2.74 bits per heavy atom. The van der Waals surface area contributed by atoms with Crippen molar-refractivity contribution in [3.63, 3.8) is 0 Å². The van der Waals surface area contributed by atoms with Gasteiger partial charge in [0.15, 0.2) is 0 Å². The molecule has 4 heteroatoms.